The first kappa shape index (κ1) is 21.4. The van der Waals surface area contributed by atoms with E-state index in [9.17, 15) is 13.2 Å². The van der Waals surface area contributed by atoms with E-state index in [0.717, 1.165) is 36.7 Å². The molecule has 2 aliphatic rings. The lowest BCUT2D eigenvalue weighted by atomic mass is 10.1. The zero-order valence-electron chi connectivity index (χ0n) is 17.5. The number of hydrogen-bond donors (Lipinski definition) is 1. The van der Waals surface area contributed by atoms with Crippen LogP contribution in [0.1, 0.15) is 15.9 Å². The zero-order valence-corrected chi connectivity index (χ0v) is 18.3. The van der Waals surface area contributed by atoms with Crippen molar-refractivity contribution in [3.05, 3.63) is 47.5 Å². The number of nitrogens with zero attached hydrogens (tertiary/aromatic N) is 2. The molecule has 2 aliphatic heterocycles. The van der Waals surface area contributed by atoms with Crippen molar-refractivity contribution in [2.75, 3.05) is 47.1 Å². The normalized spacial score (nSPS) is 16.4. The number of methoxy groups -OCH3 is 1. The van der Waals surface area contributed by atoms with Crippen molar-refractivity contribution in [3.8, 4) is 17.2 Å². The van der Waals surface area contributed by atoms with Crippen LogP contribution in [0.15, 0.2) is 41.3 Å². The van der Waals surface area contributed by atoms with Crippen molar-refractivity contribution in [2.24, 2.45) is 0 Å². The first-order chi connectivity index (χ1) is 14.9. The molecule has 0 spiro atoms. The zero-order chi connectivity index (χ0) is 22.0. The fourth-order valence-electron chi connectivity index (χ4n) is 3.72. The molecular formula is C21H25N3O6S. The Balaban J connectivity index is 1.41. The highest BCUT2D eigenvalue weighted by molar-refractivity contribution is 7.89. The van der Waals surface area contributed by atoms with E-state index >= 15 is 0 Å². The lowest BCUT2D eigenvalue weighted by molar-refractivity contribution is 0.0628. The van der Waals surface area contributed by atoms with E-state index in [0.29, 0.717) is 18.7 Å². The van der Waals surface area contributed by atoms with Crippen LogP contribution in [0.5, 0.6) is 17.2 Å². The third-order valence-electron chi connectivity index (χ3n) is 5.47. The first-order valence-electron chi connectivity index (χ1n) is 9.93. The number of rotatable bonds is 6. The fourth-order valence-corrected chi connectivity index (χ4v) is 4.64. The second kappa shape index (κ2) is 8.74. The van der Waals surface area contributed by atoms with E-state index in [-0.39, 0.29) is 23.3 Å². The van der Waals surface area contributed by atoms with Gasteiger partial charge in [0.1, 0.15) is 10.6 Å². The minimum absolute atomic E-state index is 0.0511. The maximum atomic E-state index is 13.0. The molecule has 1 saturated heterocycles. The van der Waals surface area contributed by atoms with Gasteiger partial charge in [0, 0.05) is 38.3 Å². The van der Waals surface area contributed by atoms with Crippen molar-refractivity contribution >= 4 is 15.9 Å². The molecule has 0 atom stereocenters. The van der Waals surface area contributed by atoms with Crippen molar-refractivity contribution in [2.45, 2.75) is 11.4 Å². The Bertz CT molecular complexity index is 1080. The number of piperazine rings is 1. The molecule has 0 bridgehead atoms. The highest BCUT2D eigenvalue weighted by atomic mass is 32.2. The monoisotopic (exact) mass is 447 g/mol. The predicted molar refractivity (Wildman–Crippen MR) is 113 cm³/mol. The summed E-state index contributed by atoms with van der Waals surface area (Å²) in [6.07, 6.45) is 0. The Kier molecular flexibility index (Phi) is 6.03. The van der Waals surface area contributed by atoms with Crippen LogP contribution in [-0.4, -0.2) is 71.3 Å². The number of ether oxygens (including phenoxy) is 3. The molecule has 9 nitrogen and oxygen atoms in total. The largest absolute Gasteiger partial charge is 0.495 e. The molecule has 0 aliphatic carbocycles. The average Bonchev–Trinajstić information content (AvgIpc) is 3.26. The molecule has 2 heterocycles. The molecule has 0 unspecified atom stereocenters. The Morgan fingerprint density at radius 2 is 1.81 bits per heavy atom. The van der Waals surface area contributed by atoms with Gasteiger partial charge in [-0.05, 0) is 42.9 Å². The molecule has 31 heavy (non-hydrogen) atoms. The summed E-state index contributed by atoms with van der Waals surface area (Å²) in [5, 5.41) is 0. The van der Waals surface area contributed by atoms with Crippen molar-refractivity contribution in [3.63, 3.8) is 0 Å². The molecule has 10 heteroatoms. The summed E-state index contributed by atoms with van der Waals surface area (Å²) < 4.78 is 42.8. The van der Waals surface area contributed by atoms with Crippen LogP contribution in [0.4, 0.5) is 0 Å². The van der Waals surface area contributed by atoms with Gasteiger partial charge < -0.3 is 19.1 Å². The highest BCUT2D eigenvalue weighted by Gasteiger charge is 2.25. The van der Waals surface area contributed by atoms with Gasteiger partial charge >= 0.3 is 0 Å². The molecule has 1 fully saturated rings. The predicted octanol–water partition coefficient (Wildman–Crippen LogP) is 1.29. The number of benzene rings is 2. The Hall–Kier alpha value is -2.82. The lowest BCUT2D eigenvalue weighted by Gasteiger charge is -2.35. The van der Waals surface area contributed by atoms with E-state index in [1.54, 1.807) is 11.0 Å². The van der Waals surface area contributed by atoms with Gasteiger partial charge in [0.15, 0.2) is 11.5 Å². The summed E-state index contributed by atoms with van der Waals surface area (Å²) in [6.45, 7) is 3.57. The van der Waals surface area contributed by atoms with E-state index < -0.39 is 10.0 Å². The maximum Gasteiger partial charge on any atom is 0.253 e. The third kappa shape index (κ3) is 4.46. The summed E-state index contributed by atoms with van der Waals surface area (Å²) in [6, 6.07) is 10.4. The second-order valence-corrected chi connectivity index (χ2v) is 9.18. The lowest BCUT2D eigenvalue weighted by Crippen LogP contribution is -2.48. The molecule has 0 aromatic heterocycles. The van der Waals surface area contributed by atoms with E-state index in [2.05, 4.69) is 9.62 Å². The minimum atomic E-state index is -3.75. The van der Waals surface area contributed by atoms with Crippen LogP contribution >= 0.6 is 0 Å². The van der Waals surface area contributed by atoms with Crippen LogP contribution in [0, 0.1) is 0 Å². The molecule has 4 rings (SSSR count). The molecule has 166 valence electrons. The average molecular weight is 448 g/mol. The van der Waals surface area contributed by atoms with Gasteiger partial charge in [-0.25, -0.2) is 13.1 Å². The van der Waals surface area contributed by atoms with Crippen LogP contribution in [0.2, 0.25) is 0 Å². The quantitative estimate of drug-likeness (QED) is 0.713. The van der Waals surface area contributed by atoms with Crippen molar-refractivity contribution in [1.29, 1.82) is 0 Å². The van der Waals surface area contributed by atoms with Crippen LogP contribution in [-0.2, 0) is 16.6 Å². The Morgan fingerprint density at radius 1 is 1.06 bits per heavy atom. The number of carbonyl (C=O) groups is 1. The highest BCUT2D eigenvalue weighted by Crippen LogP contribution is 2.33. The standard InChI is InChI=1S/C21H25N3O6S/c1-22-31(26,27)20-12-16(4-6-18(20)28-2)21(25)24-9-7-23(8-10-24)13-15-3-5-17-19(11-15)30-14-29-17/h3-6,11-12,22H,7-10,13-14H2,1-2H3. The van der Waals surface area contributed by atoms with E-state index in [1.807, 2.05) is 18.2 Å². The summed E-state index contributed by atoms with van der Waals surface area (Å²) in [5.41, 5.74) is 1.44. The van der Waals surface area contributed by atoms with Gasteiger partial charge in [-0.1, -0.05) is 6.07 Å². The second-order valence-electron chi connectivity index (χ2n) is 7.33. The maximum absolute atomic E-state index is 13.0. The number of fused-ring (bicyclic) bond motifs is 1. The van der Waals surface area contributed by atoms with Crippen LogP contribution in [0.3, 0.4) is 0 Å². The molecule has 1 N–H and O–H groups in total. The fraction of sp³-hybridized carbons (Fsp3) is 0.381. The molecular weight excluding hydrogens is 422 g/mol. The molecule has 1 amide bonds. The topological polar surface area (TPSA) is 97.4 Å². The van der Waals surface area contributed by atoms with Crippen LogP contribution in [0.25, 0.3) is 0 Å². The number of nitrogens with one attached hydrogen (secondary N) is 1. The summed E-state index contributed by atoms with van der Waals surface area (Å²) in [5.74, 6) is 1.52. The number of amides is 1. The SMILES string of the molecule is CNS(=O)(=O)c1cc(C(=O)N2CCN(Cc3ccc4c(c3)OCO4)CC2)ccc1OC. The van der Waals surface area contributed by atoms with Gasteiger partial charge in [-0.2, -0.15) is 0 Å². The third-order valence-corrected chi connectivity index (χ3v) is 6.91. The Labute approximate surface area is 181 Å². The molecule has 0 saturated carbocycles. The Morgan fingerprint density at radius 3 is 2.52 bits per heavy atom. The molecule has 2 aromatic carbocycles. The van der Waals surface area contributed by atoms with Gasteiger partial charge in [0.2, 0.25) is 16.8 Å². The summed E-state index contributed by atoms with van der Waals surface area (Å²) in [7, 11) is -1.03. The first-order valence-corrected chi connectivity index (χ1v) is 11.4. The van der Waals surface area contributed by atoms with Gasteiger partial charge in [-0.15, -0.1) is 0 Å². The van der Waals surface area contributed by atoms with Gasteiger partial charge in [0.05, 0.1) is 7.11 Å². The molecule has 2 aromatic rings. The number of hydrogen-bond acceptors (Lipinski definition) is 7. The van der Waals surface area contributed by atoms with E-state index in [4.69, 9.17) is 14.2 Å². The summed E-state index contributed by atoms with van der Waals surface area (Å²) in [4.78, 5) is 16.9. The molecule has 0 radical (unpaired) electrons. The van der Waals surface area contributed by atoms with Crippen molar-refractivity contribution < 1.29 is 27.4 Å². The van der Waals surface area contributed by atoms with Gasteiger partial charge in [0.25, 0.3) is 5.91 Å². The minimum Gasteiger partial charge on any atom is -0.495 e. The number of sulfonamides is 1. The van der Waals surface area contributed by atoms with Crippen LogP contribution < -0.4 is 18.9 Å². The van der Waals surface area contributed by atoms with Crippen molar-refractivity contribution in [1.82, 2.24) is 14.5 Å². The summed E-state index contributed by atoms with van der Waals surface area (Å²) >= 11 is 0. The smallest absolute Gasteiger partial charge is 0.253 e. The van der Waals surface area contributed by atoms with E-state index in [1.165, 1.54) is 26.3 Å². The number of carbonyl (C=O) groups excluding carboxylic acids is 1. The van der Waals surface area contributed by atoms with Gasteiger partial charge in [-0.3, -0.25) is 9.69 Å².